The van der Waals surface area contributed by atoms with Crippen LogP contribution in [0.4, 0.5) is 0 Å². The number of likely N-dealkylation sites (tertiary alicyclic amines) is 1. The van der Waals surface area contributed by atoms with Gasteiger partial charge >= 0.3 is 0 Å². The molecule has 0 aromatic heterocycles. The van der Waals surface area contributed by atoms with Crippen molar-refractivity contribution in [3.05, 3.63) is 35.9 Å². The highest BCUT2D eigenvalue weighted by Gasteiger charge is 2.37. The zero-order valence-corrected chi connectivity index (χ0v) is 11.9. The normalized spacial score (nSPS) is 27.4. The number of benzene rings is 1. The van der Waals surface area contributed by atoms with E-state index in [0.29, 0.717) is 0 Å². The minimum absolute atomic E-state index is 0.823. The van der Waals surface area contributed by atoms with E-state index in [1.807, 2.05) is 0 Å². The molecule has 2 heteroatoms. The molecule has 2 unspecified atom stereocenters. The summed E-state index contributed by atoms with van der Waals surface area (Å²) in [6, 6.07) is 11.0. The van der Waals surface area contributed by atoms with Crippen LogP contribution in [0.25, 0.3) is 0 Å². The summed E-state index contributed by atoms with van der Waals surface area (Å²) < 4.78 is 0. The Morgan fingerprint density at radius 3 is 2.63 bits per heavy atom. The van der Waals surface area contributed by atoms with E-state index >= 15 is 0 Å². The summed E-state index contributed by atoms with van der Waals surface area (Å²) in [5.74, 6) is 1.70. The van der Waals surface area contributed by atoms with Gasteiger partial charge in [0.05, 0.1) is 0 Å². The second-order valence-corrected chi connectivity index (χ2v) is 6.12. The number of piperidine rings is 1. The highest BCUT2D eigenvalue weighted by atomic mass is 15.1. The second-order valence-electron chi connectivity index (χ2n) is 6.12. The molecular weight excluding hydrogens is 232 g/mol. The Morgan fingerprint density at radius 2 is 1.84 bits per heavy atom. The van der Waals surface area contributed by atoms with Gasteiger partial charge in [-0.3, -0.25) is 0 Å². The maximum absolute atomic E-state index is 3.65. The van der Waals surface area contributed by atoms with Crippen LogP contribution in [-0.2, 0) is 0 Å². The predicted octanol–water partition coefficient (Wildman–Crippen LogP) is 2.87. The molecule has 3 rings (SSSR count). The van der Waals surface area contributed by atoms with Crippen molar-refractivity contribution in [1.82, 2.24) is 10.2 Å². The average Bonchev–Trinajstić information content (AvgIpc) is 3.25. The lowest BCUT2D eigenvalue weighted by molar-refractivity contribution is 0.229. The van der Waals surface area contributed by atoms with Crippen LogP contribution in [0.5, 0.6) is 0 Å². The molecular formula is C17H26N2. The maximum Gasteiger partial charge on any atom is 0.0107 e. The van der Waals surface area contributed by atoms with Crippen molar-refractivity contribution >= 4 is 0 Å². The number of rotatable bonds is 6. The standard InChI is InChI=1S/C17H26N2/c1-3-7-15(8-4-1)17-13-16(17)14-18-9-12-19-10-5-2-6-11-19/h1,3-4,7-8,16-18H,2,5-6,9-14H2. The van der Waals surface area contributed by atoms with Gasteiger partial charge in [-0.15, -0.1) is 0 Å². The van der Waals surface area contributed by atoms with Crippen LogP contribution < -0.4 is 5.32 Å². The molecule has 2 fully saturated rings. The summed E-state index contributed by atoms with van der Waals surface area (Å²) in [7, 11) is 0. The van der Waals surface area contributed by atoms with Gasteiger partial charge in [0.2, 0.25) is 0 Å². The minimum atomic E-state index is 0.823. The van der Waals surface area contributed by atoms with Gasteiger partial charge in [-0.2, -0.15) is 0 Å². The molecule has 0 spiro atoms. The fourth-order valence-corrected chi connectivity index (χ4v) is 3.29. The summed E-state index contributed by atoms with van der Waals surface area (Å²) >= 11 is 0. The van der Waals surface area contributed by atoms with Gasteiger partial charge in [0.1, 0.15) is 0 Å². The van der Waals surface area contributed by atoms with Crippen LogP contribution in [-0.4, -0.2) is 37.6 Å². The van der Waals surface area contributed by atoms with Crippen LogP contribution in [0.1, 0.15) is 37.2 Å². The van der Waals surface area contributed by atoms with E-state index in [2.05, 4.69) is 40.5 Å². The minimum Gasteiger partial charge on any atom is -0.315 e. The van der Waals surface area contributed by atoms with Crippen molar-refractivity contribution in [2.45, 2.75) is 31.6 Å². The van der Waals surface area contributed by atoms with E-state index in [-0.39, 0.29) is 0 Å². The fraction of sp³-hybridized carbons (Fsp3) is 0.647. The highest BCUT2D eigenvalue weighted by Crippen LogP contribution is 2.46. The molecule has 1 N–H and O–H groups in total. The lowest BCUT2D eigenvalue weighted by Gasteiger charge is -2.26. The Bertz CT molecular complexity index is 370. The van der Waals surface area contributed by atoms with Crippen LogP contribution >= 0.6 is 0 Å². The van der Waals surface area contributed by atoms with Gasteiger partial charge in [-0.05, 0) is 56.3 Å². The SMILES string of the molecule is c1ccc(C2CC2CNCCN2CCCCC2)cc1. The van der Waals surface area contributed by atoms with Crippen molar-refractivity contribution in [1.29, 1.82) is 0 Å². The first-order valence-corrected chi connectivity index (χ1v) is 7.91. The van der Waals surface area contributed by atoms with Gasteiger partial charge < -0.3 is 10.2 Å². The molecule has 2 nitrogen and oxygen atoms in total. The van der Waals surface area contributed by atoms with Crippen LogP contribution in [0.2, 0.25) is 0 Å². The highest BCUT2D eigenvalue weighted by molar-refractivity contribution is 5.25. The number of nitrogens with one attached hydrogen (secondary N) is 1. The molecule has 0 amide bonds. The molecule has 1 aromatic rings. The summed E-state index contributed by atoms with van der Waals surface area (Å²) in [5.41, 5.74) is 1.53. The van der Waals surface area contributed by atoms with E-state index in [9.17, 15) is 0 Å². The summed E-state index contributed by atoms with van der Waals surface area (Å²) in [5, 5.41) is 3.65. The van der Waals surface area contributed by atoms with Gasteiger partial charge in [0, 0.05) is 13.1 Å². The molecule has 104 valence electrons. The lowest BCUT2D eigenvalue weighted by Crippen LogP contribution is -2.36. The first kappa shape index (κ1) is 13.1. The average molecular weight is 258 g/mol. The first-order chi connectivity index (χ1) is 9.43. The molecule has 1 heterocycles. The summed E-state index contributed by atoms with van der Waals surface area (Å²) in [4.78, 5) is 2.61. The molecule has 1 aliphatic carbocycles. The van der Waals surface area contributed by atoms with Crippen molar-refractivity contribution < 1.29 is 0 Å². The van der Waals surface area contributed by atoms with Crippen LogP contribution in [0.15, 0.2) is 30.3 Å². The zero-order valence-electron chi connectivity index (χ0n) is 11.9. The molecule has 0 radical (unpaired) electrons. The topological polar surface area (TPSA) is 15.3 Å². The van der Waals surface area contributed by atoms with E-state index in [4.69, 9.17) is 0 Å². The number of hydrogen-bond acceptors (Lipinski definition) is 2. The number of hydrogen-bond donors (Lipinski definition) is 1. The van der Waals surface area contributed by atoms with Crippen LogP contribution in [0.3, 0.4) is 0 Å². The van der Waals surface area contributed by atoms with Gasteiger partial charge in [-0.1, -0.05) is 36.8 Å². The monoisotopic (exact) mass is 258 g/mol. The first-order valence-electron chi connectivity index (χ1n) is 7.91. The molecule has 1 aromatic carbocycles. The Hall–Kier alpha value is -0.860. The lowest BCUT2D eigenvalue weighted by atomic mass is 10.1. The molecule has 0 bridgehead atoms. The van der Waals surface area contributed by atoms with E-state index in [1.165, 1.54) is 57.4 Å². The molecule has 2 aliphatic rings. The predicted molar refractivity (Wildman–Crippen MR) is 80.5 cm³/mol. The molecule has 2 atom stereocenters. The van der Waals surface area contributed by atoms with Gasteiger partial charge in [-0.25, -0.2) is 0 Å². The summed E-state index contributed by atoms with van der Waals surface area (Å²) in [6.07, 6.45) is 5.61. The van der Waals surface area contributed by atoms with E-state index in [1.54, 1.807) is 0 Å². The third-order valence-electron chi connectivity index (χ3n) is 4.61. The molecule has 19 heavy (non-hydrogen) atoms. The fourth-order valence-electron chi connectivity index (χ4n) is 3.29. The molecule has 1 aliphatic heterocycles. The van der Waals surface area contributed by atoms with Gasteiger partial charge in [0.15, 0.2) is 0 Å². The third-order valence-corrected chi connectivity index (χ3v) is 4.61. The van der Waals surface area contributed by atoms with Gasteiger partial charge in [0.25, 0.3) is 0 Å². The van der Waals surface area contributed by atoms with Crippen molar-refractivity contribution in [2.75, 3.05) is 32.7 Å². The Balaban J connectivity index is 1.30. The Labute approximate surface area is 117 Å². The summed E-state index contributed by atoms with van der Waals surface area (Å²) in [6.45, 7) is 6.24. The Kier molecular flexibility index (Phi) is 4.52. The van der Waals surface area contributed by atoms with Crippen molar-refractivity contribution in [2.24, 2.45) is 5.92 Å². The van der Waals surface area contributed by atoms with Crippen molar-refractivity contribution in [3.8, 4) is 0 Å². The Morgan fingerprint density at radius 1 is 1.05 bits per heavy atom. The maximum atomic E-state index is 3.65. The van der Waals surface area contributed by atoms with E-state index in [0.717, 1.165) is 18.4 Å². The molecule has 1 saturated heterocycles. The third kappa shape index (κ3) is 3.80. The largest absolute Gasteiger partial charge is 0.315 e. The van der Waals surface area contributed by atoms with Crippen LogP contribution in [0, 0.1) is 5.92 Å². The second kappa shape index (κ2) is 6.53. The van der Waals surface area contributed by atoms with E-state index < -0.39 is 0 Å². The number of nitrogens with zero attached hydrogens (tertiary/aromatic N) is 1. The molecule has 1 saturated carbocycles. The zero-order chi connectivity index (χ0) is 12.9. The quantitative estimate of drug-likeness (QED) is 0.789. The van der Waals surface area contributed by atoms with Crippen molar-refractivity contribution in [3.63, 3.8) is 0 Å². The smallest absolute Gasteiger partial charge is 0.0107 e.